The summed E-state index contributed by atoms with van der Waals surface area (Å²) in [5.41, 5.74) is -6.33. The van der Waals surface area contributed by atoms with Crippen LogP contribution in [0.15, 0.2) is 96.1 Å². The van der Waals surface area contributed by atoms with Gasteiger partial charge in [-0.15, -0.1) is 0 Å². The van der Waals surface area contributed by atoms with Gasteiger partial charge in [0.1, 0.15) is 23.9 Å². The standard InChI is InChI=1S/C48H53NO14/c1-25-16-14-15-21-31(25)42(55)49-36(29-17-10-8-11-18-29)37(53)44(57)61-32-23-48(58)41(62-43(56)30-19-12-9-13-20-30)39-46(7,33(52)22-34-47(39,24-59-34)63-28(4)51)40(54)38(60-27(3)50)35(26(32)2)45(48,5)6/h8-21,32-34,36-39,41,52-53,58H,22-24H2,1-7H3,(H,49,55)/t32-,33-,34+,36-,37+,38+,39?,41-,46+,47-,48+/m0/s1. The molecule has 3 aromatic rings. The number of nitrogens with one attached hydrogen (secondary N) is 1. The summed E-state index contributed by atoms with van der Waals surface area (Å²) in [6.45, 7) is 9.73. The molecule has 334 valence electrons. The summed E-state index contributed by atoms with van der Waals surface area (Å²) in [7, 11) is 0. The van der Waals surface area contributed by atoms with E-state index < -0.39 is 113 Å². The lowest BCUT2D eigenvalue weighted by atomic mass is 9.44. The zero-order valence-corrected chi connectivity index (χ0v) is 36.2. The zero-order valence-electron chi connectivity index (χ0n) is 36.2. The summed E-state index contributed by atoms with van der Waals surface area (Å²) in [5.74, 6) is -6.82. The summed E-state index contributed by atoms with van der Waals surface area (Å²) < 4.78 is 30.3. The lowest BCUT2D eigenvalue weighted by molar-refractivity contribution is -0.346. The Kier molecular flexibility index (Phi) is 12.0. The first-order chi connectivity index (χ1) is 29.7. The van der Waals surface area contributed by atoms with Gasteiger partial charge in [-0.2, -0.15) is 0 Å². The van der Waals surface area contributed by atoms with E-state index in [1.807, 2.05) is 0 Å². The molecule has 4 aliphatic rings. The Morgan fingerprint density at radius 1 is 0.841 bits per heavy atom. The minimum atomic E-state index is -2.39. The van der Waals surface area contributed by atoms with Crippen molar-refractivity contribution in [1.82, 2.24) is 5.32 Å². The van der Waals surface area contributed by atoms with E-state index in [0.717, 1.165) is 13.8 Å². The normalized spacial score (nSPS) is 31.6. The number of carbonyl (C=O) groups excluding carboxylic acids is 6. The average molecular weight is 868 g/mol. The lowest BCUT2D eigenvalue weighted by Crippen LogP contribution is -2.82. The molecule has 1 aliphatic heterocycles. The van der Waals surface area contributed by atoms with Gasteiger partial charge in [0.25, 0.3) is 5.91 Å². The van der Waals surface area contributed by atoms with Crippen molar-refractivity contribution in [2.75, 3.05) is 6.61 Å². The molecule has 1 amide bonds. The summed E-state index contributed by atoms with van der Waals surface area (Å²) >= 11 is 0. The summed E-state index contributed by atoms with van der Waals surface area (Å²) in [6.07, 6.45) is -10.5. The van der Waals surface area contributed by atoms with E-state index >= 15 is 4.79 Å². The number of fused-ring (bicyclic) bond motifs is 5. The fourth-order valence-corrected chi connectivity index (χ4v) is 10.4. The van der Waals surface area contributed by atoms with Gasteiger partial charge >= 0.3 is 23.9 Å². The van der Waals surface area contributed by atoms with Crippen LogP contribution in [0.5, 0.6) is 0 Å². The first-order valence-electron chi connectivity index (χ1n) is 20.9. The van der Waals surface area contributed by atoms with E-state index in [1.54, 1.807) is 93.6 Å². The van der Waals surface area contributed by atoms with Crippen LogP contribution in [-0.4, -0.2) is 105 Å². The number of hydrogen-bond donors (Lipinski definition) is 4. The van der Waals surface area contributed by atoms with E-state index in [0.29, 0.717) is 16.7 Å². The fourth-order valence-electron chi connectivity index (χ4n) is 10.4. The molecular formula is C48H53NO14. The topological polar surface area (TPSA) is 221 Å². The molecule has 11 atom stereocenters. The number of amides is 1. The molecule has 15 nitrogen and oxygen atoms in total. The van der Waals surface area contributed by atoms with E-state index in [-0.39, 0.29) is 29.7 Å². The number of ketones is 1. The van der Waals surface area contributed by atoms with Crippen molar-refractivity contribution in [2.45, 2.75) is 115 Å². The molecule has 3 aliphatic carbocycles. The van der Waals surface area contributed by atoms with Gasteiger partial charge in [-0.05, 0) is 61.2 Å². The monoisotopic (exact) mass is 867 g/mol. The molecule has 63 heavy (non-hydrogen) atoms. The molecule has 1 saturated heterocycles. The van der Waals surface area contributed by atoms with E-state index in [1.165, 1.54) is 26.0 Å². The van der Waals surface area contributed by atoms with Gasteiger partial charge in [0.15, 0.2) is 23.6 Å². The number of aliphatic hydroxyl groups is 3. The molecule has 2 saturated carbocycles. The molecule has 1 unspecified atom stereocenters. The van der Waals surface area contributed by atoms with Crippen LogP contribution in [0, 0.1) is 23.7 Å². The molecule has 7 rings (SSSR count). The van der Waals surface area contributed by atoms with Gasteiger partial charge in [-0.25, -0.2) is 9.59 Å². The molecule has 1 heterocycles. The van der Waals surface area contributed by atoms with Gasteiger partial charge in [0, 0.05) is 37.7 Å². The predicted octanol–water partition coefficient (Wildman–Crippen LogP) is 4.04. The van der Waals surface area contributed by atoms with Crippen molar-refractivity contribution in [3.05, 3.63) is 118 Å². The minimum Gasteiger partial charge on any atom is -0.456 e. The summed E-state index contributed by atoms with van der Waals surface area (Å²) in [4.78, 5) is 83.8. The van der Waals surface area contributed by atoms with Gasteiger partial charge in [-0.3, -0.25) is 19.2 Å². The van der Waals surface area contributed by atoms with Gasteiger partial charge in [0.05, 0.1) is 35.6 Å². The molecule has 0 spiro atoms. The molecule has 15 heteroatoms. The quantitative estimate of drug-likeness (QED) is 0.128. The Morgan fingerprint density at radius 3 is 2.05 bits per heavy atom. The first-order valence-corrected chi connectivity index (χ1v) is 20.9. The number of benzene rings is 3. The number of carbonyl (C=O) groups is 6. The molecule has 3 aromatic carbocycles. The molecule has 0 aromatic heterocycles. The maximum absolute atomic E-state index is 15.5. The second kappa shape index (κ2) is 16.8. The number of esters is 4. The molecular weight excluding hydrogens is 815 g/mol. The highest BCUT2D eigenvalue weighted by atomic mass is 16.6. The Hall–Kier alpha value is -5.74. The number of hydrogen-bond acceptors (Lipinski definition) is 14. The second-order valence-electron chi connectivity index (χ2n) is 17.8. The Balaban J connectivity index is 1.39. The third kappa shape index (κ3) is 7.54. The first kappa shape index (κ1) is 45.3. The third-order valence-electron chi connectivity index (χ3n) is 13.8. The van der Waals surface area contributed by atoms with Crippen LogP contribution in [-0.2, 0) is 42.9 Å². The maximum Gasteiger partial charge on any atom is 0.338 e. The van der Waals surface area contributed by atoms with Crippen LogP contribution in [0.1, 0.15) is 92.3 Å². The third-order valence-corrected chi connectivity index (χ3v) is 13.8. The average Bonchev–Trinajstić information content (AvgIpc) is 3.24. The Morgan fingerprint density at radius 2 is 1.46 bits per heavy atom. The van der Waals surface area contributed by atoms with Crippen molar-refractivity contribution < 1.29 is 67.8 Å². The highest BCUT2D eigenvalue weighted by Crippen LogP contribution is 2.64. The van der Waals surface area contributed by atoms with Crippen molar-refractivity contribution >= 4 is 35.6 Å². The Labute approximate surface area is 364 Å². The zero-order chi connectivity index (χ0) is 45.8. The lowest BCUT2D eigenvalue weighted by Gasteiger charge is -2.67. The summed E-state index contributed by atoms with van der Waals surface area (Å²) in [5, 5.41) is 40.4. The SMILES string of the molecule is CC(=O)O[C@H]1C(=O)[C@@]2(C)C([C@H](OC(=O)c3ccccc3)[C@]3(O)C[C@H](OC(=O)[C@H](O)[C@@H](NC(=O)c4ccccc4C)c4ccccc4)C(C)=C1C3(C)C)[C@]1(OC(C)=O)CO[C@@H]1C[C@@H]2O. The van der Waals surface area contributed by atoms with E-state index in [9.17, 15) is 39.3 Å². The van der Waals surface area contributed by atoms with Crippen LogP contribution < -0.4 is 5.32 Å². The van der Waals surface area contributed by atoms with Crippen LogP contribution >= 0.6 is 0 Å². The highest BCUT2D eigenvalue weighted by molar-refractivity contribution is 5.97. The molecule has 2 bridgehead atoms. The summed E-state index contributed by atoms with van der Waals surface area (Å²) in [6, 6.07) is 21.6. The van der Waals surface area contributed by atoms with E-state index in [2.05, 4.69) is 5.32 Å². The van der Waals surface area contributed by atoms with Gasteiger partial charge < -0.3 is 44.3 Å². The van der Waals surface area contributed by atoms with Gasteiger partial charge in [-0.1, -0.05) is 80.6 Å². The molecule has 0 radical (unpaired) electrons. The van der Waals surface area contributed by atoms with Crippen molar-refractivity contribution in [3.63, 3.8) is 0 Å². The fraction of sp³-hybridized carbons (Fsp3) is 0.458. The second-order valence-corrected chi connectivity index (χ2v) is 17.8. The molecule has 4 N–H and O–H groups in total. The Bertz CT molecular complexity index is 2350. The smallest absolute Gasteiger partial charge is 0.338 e. The van der Waals surface area contributed by atoms with Crippen LogP contribution in [0.3, 0.4) is 0 Å². The van der Waals surface area contributed by atoms with Crippen molar-refractivity contribution in [2.24, 2.45) is 16.7 Å². The van der Waals surface area contributed by atoms with Crippen LogP contribution in [0.2, 0.25) is 0 Å². The van der Waals surface area contributed by atoms with Crippen molar-refractivity contribution in [1.29, 1.82) is 0 Å². The molecule has 3 fully saturated rings. The van der Waals surface area contributed by atoms with Crippen LogP contribution in [0.4, 0.5) is 0 Å². The van der Waals surface area contributed by atoms with Crippen LogP contribution in [0.25, 0.3) is 0 Å². The highest BCUT2D eigenvalue weighted by Gasteiger charge is 2.78. The van der Waals surface area contributed by atoms with E-state index in [4.69, 9.17) is 23.7 Å². The number of ether oxygens (including phenoxy) is 5. The largest absolute Gasteiger partial charge is 0.456 e. The van der Waals surface area contributed by atoms with Crippen molar-refractivity contribution in [3.8, 4) is 0 Å². The van der Waals surface area contributed by atoms with Gasteiger partial charge in [0.2, 0.25) is 0 Å². The number of aliphatic hydroxyl groups excluding tert-OH is 2. The predicted molar refractivity (Wildman–Crippen MR) is 222 cm³/mol. The number of aryl methyl sites for hydroxylation is 1. The number of rotatable bonds is 10. The maximum atomic E-state index is 15.5. The minimum absolute atomic E-state index is 0.00245. The number of Topliss-reactive ketones (excluding diaryl/α,β-unsaturated/α-hetero) is 1.